The largest absolute Gasteiger partial charge is 0.493 e. The Hall–Kier alpha value is -4.14. The molecule has 9 heteroatoms. The first-order valence-corrected chi connectivity index (χ1v) is 9.95. The highest BCUT2D eigenvalue weighted by atomic mass is 16.6. The number of benzene rings is 2. The summed E-state index contributed by atoms with van der Waals surface area (Å²) in [4.78, 5) is 36.7. The van der Waals surface area contributed by atoms with Crippen molar-refractivity contribution in [3.8, 4) is 5.75 Å². The van der Waals surface area contributed by atoms with Crippen molar-refractivity contribution in [3.05, 3.63) is 70.0 Å². The molecule has 0 bridgehead atoms. The number of carbonyl (C=O) groups excluding carboxylic acids is 2. The second-order valence-corrected chi connectivity index (χ2v) is 7.19. The van der Waals surface area contributed by atoms with Crippen molar-refractivity contribution in [1.29, 1.82) is 0 Å². The van der Waals surface area contributed by atoms with E-state index in [1.54, 1.807) is 25.3 Å². The van der Waals surface area contributed by atoms with Crippen LogP contribution in [-0.4, -0.2) is 37.1 Å². The van der Waals surface area contributed by atoms with Gasteiger partial charge in [0.2, 0.25) is 0 Å². The van der Waals surface area contributed by atoms with Gasteiger partial charge in [0.1, 0.15) is 5.76 Å². The zero-order chi connectivity index (χ0) is 22.7. The normalized spacial score (nSPS) is 13.2. The van der Waals surface area contributed by atoms with Crippen LogP contribution in [0.3, 0.4) is 0 Å². The molecular formula is C23H20N2O7. The van der Waals surface area contributed by atoms with Crippen LogP contribution in [0, 0.1) is 10.1 Å². The molecule has 3 aromatic rings. The second kappa shape index (κ2) is 8.93. The number of carbonyl (C=O) groups is 2. The van der Waals surface area contributed by atoms with E-state index < -0.39 is 23.4 Å². The number of nitrogens with zero attached hydrogens (tertiary/aromatic N) is 2. The van der Waals surface area contributed by atoms with Crippen LogP contribution in [0.15, 0.2) is 53.0 Å². The lowest BCUT2D eigenvalue weighted by atomic mass is 10.0. The summed E-state index contributed by atoms with van der Waals surface area (Å²) in [5.74, 6) is -0.0523. The van der Waals surface area contributed by atoms with Crippen LogP contribution in [0.5, 0.6) is 5.75 Å². The van der Waals surface area contributed by atoms with E-state index in [0.717, 1.165) is 10.9 Å². The van der Waals surface area contributed by atoms with E-state index in [1.807, 2.05) is 12.1 Å². The third-order valence-corrected chi connectivity index (χ3v) is 5.16. The maximum atomic E-state index is 12.6. The highest BCUT2D eigenvalue weighted by molar-refractivity contribution is 5.97. The molecule has 0 fully saturated rings. The molecule has 0 saturated heterocycles. The Kier molecular flexibility index (Phi) is 5.89. The van der Waals surface area contributed by atoms with Gasteiger partial charge in [0, 0.05) is 35.8 Å². The minimum atomic E-state index is -0.688. The summed E-state index contributed by atoms with van der Waals surface area (Å²) in [6.07, 6.45) is 3.96. The van der Waals surface area contributed by atoms with Crippen molar-refractivity contribution < 1.29 is 28.4 Å². The third-order valence-electron chi connectivity index (χ3n) is 5.16. The summed E-state index contributed by atoms with van der Waals surface area (Å²) in [6.45, 7) is 0.0193. The van der Waals surface area contributed by atoms with Crippen LogP contribution in [0.1, 0.15) is 17.7 Å². The molecule has 32 heavy (non-hydrogen) atoms. The molecule has 9 nitrogen and oxygen atoms in total. The van der Waals surface area contributed by atoms with Gasteiger partial charge in [-0.25, -0.2) is 4.79 Å². The van der Waals surface area contributed by atoms with Gasteiger partial charge in [0.25, 0.3) is 11.6 Å². The maximum Gasteiger partial charge on any atom is 0.331 e. The predicted octanol–water partition coefficient (Wildman–Crippen LogP) is 3.89. The molecule has 0 atom stereocenters. The maximum absolute atomic E-state index is 12.6. The lowest BCUT2D eigenvalue weighted by Crippen LogP contribution is -2.38. The number of non-ortho nitro benzene ring substituents is 1. The lowest BCUT2D eigenvalue weighted by Gasteiger charge is -2.29. The minimum absolute atomic E-state index is 0.0159. The number of ether oxygens (including phenoxy) is 2. The molecule has 1 amide bonds. The minimum Gasteiger partial charge on any atom is -0.493 e. The number of esters is 1. The summed E-state index contributed by atoms with van der Waals surface area (Å²) in [7, 11) is 1.54. The van der Waals surface area contributed by atoms with Gasteiger partial charge in [-0.3, -0.25) is 14.9 Å². The highest BCUT2D eigenvalue weighted by Crippen LogP contribution is 2.31. The van der Waals surface area contributed by atoms with E-state index in [4.69, 9.17) is 13.9 Å². The Morgan fingerprint density at radius 1 is 1.25 bits per heavy atom. The molecule has 164 valence electrons. The topological polar surface area (TPSA) is 112 Å². The number of hydrogen-bond acceptors (Lipinski definition) is 7. The van der Waals surface area contributed by atoms with Crippen LogP contribution in [0.4, 0.5) is 11.4 Å². The van der Waals surface area contributed by atoms with E-state index in [9.17, 15) is 19.7 Å². The number of amides is 1. The highest BCUT2D eigenvalue weighted by Gasteiger charge is 2.25. The van der Waals surface area contributed by atoms with Gasteiger partial charge < -0.3 is 18.8 Å². The van der Waals surface area contributed by atoms with Crippen molar-refractivity contribution in [2.45, 2.75) is 12.8 Å². The van der Waals surface area contributed by atoms with Gasteiger partial charge in [-0.1, -0.05) is 12.1 Å². The number of nitro benzene ring substituents is 1. The number of methoxy groups -OCH3 is 1. The van der Waals surface area contributed by atoms with Crippen molar-refractivity contribution in [1.82, 2.24) is 0 Å². The van der Waals surface area contributed by atoms with Gasteiger partial charge in [-0.05, 0) is 42.7 Å². The molecule has 0 N–H and O–H groups in total. The summed E-state index contributed by atoms with van der Waals surface area (Å²) in [6, 6.07) is 11.6. The Morgan fingerprint density at radius 3 is 2.88 bits per heavy atom. The number of rotatable bonds is 6. The van der Waals surface area contributed by atoms with Crippen LogP contribution in [0.25, 0.3) is 17.0 Å². The number of aryl methyl sites for hydroxylation is 1. The number of nitro groups is 1. The smallest absolute Gasteiger partial charge is 0.331 e. The van der Waals surface area contributed by atoms with Gasteiger partial charge in [-0.15, -0.1) is 0 Å². The fraction of sp³-hybridized carbons (Fsp3) is 0.217. The van der Waals surface area contributed by atoms with E-state index in [1.165, 1.54) is 29.2 Å². The predicted molar refractivity (Wildman–Crippen MR) is 117 cm³/mol. The molecule has 2 heterocycles. The van der Waals surface area contributed by atoms with Crippen molar-refractivity contribution >= 4 is 40.3 Å². The molecule has 0 unspecified atom stereocenters. The number of anilines is 1. The third kappa shape index (κ3) is 4.31. The summed E-state index contributed by atoms with van der Waals surface area (Å²) < 4.78 is 16.0. The van der Waals surface area contributed by atoms with Gasteiger partial charge in [0.05, 0.1) is 12.0 Å². The Morgan fingerprint density at radius 2 is 2.09 bits per heavy atom. The Labute approximate surface area is 183 Å². The fourth-order valence-electron chi connectivity index (χ4n) is 3.66. The number of furan rings is 1. The molecule has 0 radical (unpaired) electrons. The lowest BCUT2D eigenvalue weighted by molar-refractivity contribution is -0.384. The zero-order valence-electron chi connectivity index (χ0n) is 17.3. The van der Waals surface area contributed by atoms with Crippen molar-refractivity contribution in [2.24, 2.45) is 0 Å². The molecular weight excluding hydrogens is 416 g/mol. The number of para-hydroxylation sites is 1. The molecule has 4 rings (SSSR count). The molecule has 2 aromatic carbocycles. The summed E-state index contributed by atoms with van der Waals surface area (Å²) >= 11 is 0. The summed E-state index contributed by atoms with van der Waals surface area (Å²) in [5, 5.41) is 11.8. The number of hydrogen-bond donors (Lipinski definition) is 0. The van der Waals surface area contributed by atoms with Crippen LogP contribution in [0.2, 0.25) is 0 Å². The SMILES string of the molecule is COc1cccc2cc(C=CC(=O)OCC(=O)N3CCCc4cc([N+](=O)[O-])ccc43)oc12. The molecule has 1 aromatic heterocycles. The molecule has 0 spiro atoms. The molecule has 1 aliphatic rings. The van der Waals surface area contributed by atoms with Crippen LogP contribution >= 0.6 is 0 Å². The Balaban J connectivity index is 1.38. The molecule has 0 aliphatic carbocycles. The number of fused-ring (bicyclic) bond motifs is 2. The van der Waals surface area contributed by atoms with E-state index in [2.05, 4.69) is 0 Å². The van der Waals surface area contributed by atoms with E-state index in [-0.39, 0.29) is 5.69 Å². The first-order valence-electron chi connectivity index (χ1n) is 9.95. The quantitative estimate of drug-likeness (QED) is 0.249. The van der Waals surface area contributed by atoms with Crippen LogP contribution < -0.4 is 9.64 Å². The average molecular weight is 436 g/mol. The Bertz CT molecular complexity index is 1230. The van der Waals surface area contributed by atoms with Gasteiger partial charge in [0.15, 0.2) is 17.9 Å². The van der Waals surface area contributed by atoms with Gasteiger partial charge in [-0.2, -0.15) is 0 Å². The summed E-state index contributed by atoms with van der Waals surface area (Å²) in [5.41, 5.74) is 1.89. The standard InChI is InChI=1S/C23H20N2O7/c1-30-20-6-2-4-16-13-18(32-23(16)20)8-10-22(27)31-14-21(26)24-11-3-5-15-12-17(25(28)29)7-9-19(15)24/h2,4,6-10,12-13H,3,5,11,14H2,1H3. The first-order chi connectivity index (χ1) is 15.5. The first kappa shape index (κ1) is 21.1. The van der Waals surface area contributed by atoms with E-state index >= 15 is 0 Å². The fourth-order valence-corrected chi connectivity index (χ4v) is 3.66. The van der Waals surface area contributed by atoms with Crippen molar-refractivity contribution in [3.63, 3.8) is 0 Å². The molecule has 0 saturated carbocycles. The average Bonchev–Trinajstić information content (AvgIpc) is 3.23. The van der Waals surface area contributed by atoms with Gasteiger partial charge >= 0.3 is 5.97 Å². The van der Waals surface area contributed by atoms with Crippen LogP contribution in [-0.2, 0) is 20.7 Å². The zero-order valence-corrected chi connectivity index (χ0v) is 17.3. The van der Waals surface area contributed by atoms with E-state index in [0.29, 0.717) is 42.2 Å². The molecule has 1 aliphatic heterocycles. The monoisotopic (exact) mass is 436 g/mol. The van der Waals surface area contributed by atoms with Crippen molar-refractivity contribution in [2.75, 3.05) is 25.2 Å². The second-order valence-electron chi connectivity index (χ2n) is 7.19.